The number of nitrogen functional groups attached to an aromatic ring is 1. The van der Waals surface area contributed by atoms with E-state index in [0.29, 0.717) is 23.7 Å². The van der Waals surface area contributed by atoms with E-state index in [1.165, 1.54) is 11.3 Å². The lowest BCUT2D eigenvalue weighted by atomic mass is 10.1. The van der Waals surface area contributed by atoms with Crippen LogP contribution in [0.15, 0.2) is 34.1 Å². The van der Waals surface area contributed by atoms with Crippen LogP contribution in [0.25, 0.3) is 16.6 Å². The molecule has 9 heteroatoms. The molecule has 0 spiro atoms. The van der Waals surface area contributed by atoms with Crippen LogP contribution >= 0.6 is 11.3 Å². The number of nitrogens with zero attached hydrogens (tertiary/aromatic N) is 5. The predicted octanol–water partition coefficient (Wildman–Crippen LogP) is 1.83. The number of fused-ring (bicyclic) bond motifs is 2. The van der Waals surface area contributed by atoms with Crippen LogP contribution in [0.2, 0.25) is 0 Å². The van der Waals surface area contributed by atoms with Gasteiger partial charge in [0.2, 0.25) is 10.1 Å². The molecule has 1 fully saturated rings. The fourth-order valence-electron chi connectivity index (χ4n) is 3.20. The Morgan fingerprint density at radius 2 is 2.04 bits per heavy atom. The van der Waals surface area contributed by atoms with Crippen molar-refractivity contribution in [3.05, 3.63) is 45.7 Å². The third kappa shape index (κ3) is 2.71. The van der Waals surface area contributed by atoms with E-state index >= 15 is 0 Å². The number of allylic oxidation sites excluding steroid dienone is 1. The van der Waals surface area contributed by atoms with Crippen molar-refractivity contribution in [3.63, 3.8) is 0 Å². The molecule has 0 amide bonds. The number of para-hydroxylation sites is 1. The molecule has 2 aromatic heterocycles. The maximum atomic E-state index is 12.6. The highest BCUT2D eigenvalue weighted by atomic mass is 32.1. The molecular formula is C18H16N6O2S. The summed E-state index contributed by atoms with van der Waals surface area (Å²) in [5, 5.41) is 5.36. The summed E-state index contributed by atoms with van der Waals surface area (Å²) in [6.45, 7) is 2.84. The maximum Gasteiger partial charge on any atom is 0.283 e. The van der Waals surface area contributed by atoms with E-state index in [1.54, 1.807) is 16.8 Å². The highest BCUT2D eigenvalue weighted by molar-refractivity contribution is 7.20. The summed E-state index contributed by atoms with van der Waals surface area (Å²) < 4.78 is 6.92. The zero-order valence-electron chi connectivity index (χ0n) is 14.3. The molecule has 27 heavy (non-hydrogen) atoms. The topological polar surface area (TPSA) is 98.1 Å². The molecule has 2 aliphatic rings. The average molecular weight is 380 g/mol. The van der Waals surface area contributed by atoms with Gasteiger partial charge in [-0.15, -0.1) is 5.10 Å². The Morgan fingerprint density at radius 1 is 1.22 bits per heavy atom. The van der Waals surface area contributed by atoms with Crippen LogP contribution in [0.3, 0.4) is 0 Å². The number of morpholine rings is 1. The zero-order valence-corrected chi connectivity index (χ0v) is 15.1. The molecule has 3 aromatic rings. The number of anilines is 2. The zero-order chi connectivity index (χ0) is 18.4. The molecule has 0 atom stereocenters. The maximum absolute atomic E-state index is 12.6. The van der Waals surface area contributed by atoms with Gasteiger partial charge in [-0.3, -0.25) is 9.79 Å². The van der Waals surface area contributed by atoms with E-state index in [4.69, 9.17) is 10.5 Å². The second kappa shape index (κ2) is 6.29. The van der Waals surface area contributed by atoms with Crippen molar-refractivity contribution in [2.75, 3.05) is 36.9 Å². The molecule has 1 aromatic carbocycles. The number of hydrogen-bond donors (Lipinski definition) is 1. The van der Waals surface area contributed by atoms with Crippen LogP contribution in [0.1, 0.15) is 11.1 Å². The highest BCUT2D eigenvalue weighted by Crippen LogP contribution is 2.32. The molecule has 2 N–H and O–H groups in total. The van der Waals surface area contributed by atoms with Gasteiger partial charge in [-0.25, -0.2) is 0 Å². The van der Waals surface area contributed by atoms with Crippen LogP contribution in [0.5, 0.6) is 0 Å². The number of nitrogens with two attached hydrogens (primary N) is 1. The van der Waals surface area contributed by atoms with E-state index in [1.807, 2.05) is 24.3 Å². The van der Waals surface area contributed by atoms with Crippen LogP contribution < -0.4 is 16.2 Å². The number of hydrogen-bond acceptors (Lipinski definition) is 8. The van der Waals surface area contributed by atoms with Gasteiger partial charge in [0.15, 0.2) is 0 Å². The van der Waals surface area contributed by atoms with Crippen LogP contribution in [0, 0.1) is 0 Å². The first-order chi connectivity index (χ1) is 13.2. The van der Waals surface area contributed by atoms with Gasteiger partial charge >= 0.3 is 0 Å². The van der Waals surface area contributed by atoms with Gasteiger partial charge in [-0.1, -0.05) is 29.5 Å². The number of rotatable bonds is 2. The quantitative estimate of drug-likeness (QED) is 0.728. The third-order valence-electron chi connectivity index (χ3n) is 4.62. The second-order valence-electron chi connectivity index (χ2n) is 6.27. The lowest BCUT2D eigenvalue weighted by Crippen LogP contribution is -2.36. The molecule has 0 saturated carbocycles. The second-order valence-corrected chi connectivity index (χ2v) is 7.20. The summed E-state index contributed by atoms with van der Waals surface area (Å²) in [5.41, 5.74) is 8.93. The lowest BCUT2D eigenvalue weighted by Gasteiger charge is -2.25. The molecule has 2 aliphatic heterocycles. The van der Waals surface area contributed by atoms with E-state index in [9.17, 15) is 4.79 Å². The van der Waals surface area contributed by atoms with Gasteiger partial charge in [-0.2, -0.15) is 9.50 Å². The van der Waals surface area contributed by atoms with Crippen molar-refractivity contribution >= 4 is 50.8 Å². The smallest absolute Gasteiger partial charge is 0.283 e. The Kier molecular flexibility index (Phi) is 3.76. The van der Waals surface area contributed by atoms with Crippen molar-refractivity contribution < 1.29 is 4.74 Å². The number of aliphatic imine (C=N–C) groups is 1. The molecule has 0 bridgehead atoms. The van der Waals surface area contributed by atoms with Gasteiger partial charge in [0.25, 0.3) is 5.56 Å². The number of ether oxygens (including phenoxy) is 1. The molecule has 0 aliphatic carbocycles. The SMILES string of the molecule is Nc1c(C=C2C=Nc3ccccc32)c(=O)nc2sc(N3CCOCC3)nn12. The van der Waals surface area contributed by atoms with Gasteiger partial charge in [0.05, 0.1) is 24.5 Å². The van der Waals surface area contributed by atoms with Crippen molar-refractivity contribution in [2.45, 2.75) is 0 Å². The van der Waals surface area contributed by atoms with Gasteiger partial charge < -0.3 is 15.4 Å². The molecule has 136 valence electrons. The molecule has 1 saturated heterocycles. The van der Waals surface area contributed by atoms with Gasteiger partial charge in [0, 0.05) is 30.4 Å². The third-order valence-corrected chi connectivity index (χ3v) is 5.59. The minimum atomic E-state index is -0.366. The van der Waals surface area contributed by atoms with Crippen molar-refractivity contribution in [2.24, 2.45) is 4.99 Å². The lowest BCUT2D eigenvalue weighted by molar-refractivity contribution is 0.122. The predicted molar refractivity (Wildman–Crippen MR) is 107 cm³/mol. The summed E-state index contributed by atoms with van der Waals surface area (Å²) in [4.78, 5) is 23.7. The molecule has 5 rings (SSSR count). The molecule has 0 radical (unpaired) electrons. The number of aromatic nitrogens is 3. The van der Waals surface area contributed by atoms with E-state index in [2.05, 4.69) is 20.0 Å². The van der Waals surface area contributed by atoms with E-state index in [-0.39, 0.29) is 11.4 Å². The summed E-state index contributed by atoms with van der Waals surface area (Å²) in [6.07, 6.45) is 3.47. The summed E-state index contributed by atoms with van der Waals surface area (Å²) in [6, 6.07) is 7.76. The van der Waals surface area contributed by atoms with Crippen molar-refractivity contribution in [1.82, 2.24) is 14.6 Å². The van der Waals surface area contributed by atoms with Crippen LogP contribution in [-0.2, 0) is 4.74 Å². The molecule has 0 unspecified atom stereocenters. The van der Waals surface area contributed by atoms with Gasteiger partial charge in [0.1, 0.15) is 5.82 Å². The largest absolute Gasteiger partial charge is 0.383 e. The van der Waals surface area contributed by atoms with Crippen LogP contribution in [-0.4, -0.2) is 47.1 Å². The normalized spacial score (nSPS) is 17.8. The summed E-state index contributed by atoms with van der Waals surface area (Å²) in [7, 11) is 0. The fourth-order valence-corrected chi connectivity index (χ4v) is 4.15. The van der Waals surface area contributed by atoms with Gasteiger partial charge in [-0.05, 0) is 12.1 Å². The first kappa shape index (κ1) is 16.2. The van der Waals surface area contributed by atoms with Crippen molar-refractivity contribution in [1.29, 1.82) is 0 Å². The van der Waals surface area contributed by atoms with E-state index < -0.39 is 0 Å². The Morgan fingerprint density at radius 3 is 2.89 bits per heavy atom. The average Bonchev–Trinajstić information content (AvgIpc) is 3.30. The Bertz CT molecular complexity index is 1160. The fraction of sp³-hybridized carbons (Fsp3) is 0.222. The highest BCUT2D eigenvalue weighted by Gasteiger charge is 2.20. The van der Waals surface area contributed by atoms with Crippen LogP contribution in [0.4, 0.5) is 16.6 Å². The minimum absolute atomic E-state index is 0.283. The molecule has 8 nitrogen and oxygen atoms in total. The molecular weight excluding hydrogens is 364 g/mol. The first-order valence-electron chi connectivity index (χ1n) is 8.58. The van der Waals surface area contributed by atoms with E-state index in [0.717, 1.165) is 35.0 Å². The first-order valence-corrected chi connectivity index (χ1v) is 9.39. The summed E-state index contributed by atoms with van der Waals surface area (Å²) >= 11 is 1.36. The monoisotopic (exact) mass is 380 g/mol. The van der Waals surface area contributed by atoms with Crippen molar-refractivity contribution in [3.8, 4) is 0 Å². The standard InChI is InChI=1S/C18H16N6O2S/c19-15-13(9-11-10-20-14-4-2-1-3-12(11)14)16(25)21-17-24(15)22-18(27-17)23-5-7-26-8-6-23/h1-4,9-10H,5-8,19H2. The Labute approximate surface area is 158 Å². The summed E-state index contributed by atoms with van der Waals surface area (Å²) in [5.74, 6) is 0.283. The Hall–Kier alpha value is -3.04. The molecule has 4 heterocycles. The minimum Gasteiger partial charge on any atom is -0.383 e. The Balaban J connectivity index is 1.60. The number of benzene rings is 1.